The highest BCUT2D eigenvalue weighted by molar-refractivity contribution is 5.01. The number of aliphatic hydroxyl groups is 2. The van der Waals surface area contributed by atoms with E-state index in [0.29, 0.717) is 18.5 Å². The fourth-order valence-corrected chi connectivity index (χ4v) is 2.24. The third kappa shape index (κ3) is 2.18. The molecule has 3 N–H and O–H groups in total. The van der Waals surface area contributed by atoms with Crippen molar-refractivity contribution >= 4 is 0 Å². The third-order valence-electron chi connectivity index (χ3n) is 3.47. The average Bonchev–Trinajstić information content (AvgIpc) is 2.28. The van der Waals surface area contributed by atoms with Crippen LogP contribution in [0.25, 0.3) is 0 Å². The SMILES string of the molecule is Cc1cn(C[C@@H]2[C@H](CO)C[C@H]2O)c(=O)[nH]c1=O. The summed E-state index contributed by atoms with van der Waals surface area (Å²) in [5.41, 5.74) is -0.408. The molecule has 3 atom stereocenters. The van der Waals surface area contributed by atoms with Crippen LogP contribution < -0.4 is 11.2 Å². The van der Waals surface area contributed by atoms with Crippen LogP contribution in [-0.2, 0) is 6.54 Å². The van der Waals surface area contributed by atoms with Crippen molar-refractivity contribution in [3.63, 3.8) is 0 Å². The molecule has 17 heavy (non-hydrogen) atoms. The van der Waals surface area contributed by atoms with E-state index in [1.54, 1.807) is 6.92 Å². The van der Waals surface area contributed by atoms with E-state index < -0.39 is 11.8 Å². The first kappa shape index (κ1) is 12.1. The molecule has 0 radical (unpaired) electrons. The van der Waals surface area contributed by atoms with E-state index in [-0.39, 0.29) is 24.0 Å². The maximum Gasteiger partial charge on any atom is 0.328 e. The highest BCUT2D eigenvalue weighted by Crippen LogP contribution is 2.35. The molecule has 1 saturated carbocycles. The van der Waals surface area contributed by atoms with E-state index in [9.17, 15) is 14.7 Å². The summed E-state index contributed by atoms with van der Waals surface area (Å²) in [5, 5.41) is 18.7. The first-order chi connectivity index (χ1) is 8.02. The van der Waals surface area contributed by atoms with Gasteiger partial charge in [-0.2, -0.15) is 0 Å². The lowest BCUT2D eigenvalue weighted by molar-refractivity contribution is -0.0634. The van der Waals surface area contributed by atoms with Gasteiger partial charge in [0.15, 0.2) is 0 Å². The van der Waals surface area contributed by atoms with Crippen LogP contribution in [0.15, 0.2) is 15.8 Å². The van der Waals surface area contributed by atoms with E-state index in [1.165, 1.54) is 10.8 Å². The summed E-state index contributed by atoms with van der Waals surface area (Å²) in [6.45, 7) is 1.96. The molecule has 6 heteroatoms. The van der Waals surface area contributed by atoms with Crippen LogP contribution in [0.1, 0.15) is 12.0 Å². The molecule has 6 nitrogen and oxygen atoms in total. The minimum Gasteiger partial charge on any atom is -0.396 e. The molecule has 1 fully saturated rings. The number of aliphatic hydroxyl groups excluding tert-OH is 2. The minimum atomic E-state index is -0.480. The van der Waals surface area contributed by atoms with Crippen LogP contribution in [0.3, 0.4) is 0 Å². The van der Waals surface area contributed by atoms with E-state index in [0.717, 1.165) is 0 Å². The van der Waals surface area contributed by atoms with Crippen LogP contribution in [0.2, 0.25) is 0 Å². The number of hydrogen-bond acceptors (Lipinski definition) is 4. The second kappa shape index (κ2) is 4.46. The second-order valence-electron chi connectivity index (χ2n) is 4.63. The topological polar surface area (TPSA) is 95.3 Å². The molecule has 0 unspecified atom stereocenters. The molecule has 1 aromatic rings. The number of H-pyrrole nitrogens is 1. The van der Waals surface area contributed by atoms with Crippen LogP contribution in [-0.4, -0.2) is 32.5 Å². The smallest absolute Gasteiger partial charge is 0.328 e. The summed E-state index contributed by atoms with van der Waals surface area (Å²) in [4.78, 5) is 24.9. The number of aryl methyl sites for hydroxylation is 1. The molecule has 94 valence electrons. The first-order valence-corrected chi connectivity index (χ1v) is 5.62. The van der Waals surface area contributed by atoms with Gasteiger partial charge in [0, 0.05) is 30.8 Å². The molecule has 1 aliphatic carbocycles. The lowest BCUT2D eigenvalue weighted by Crippen LogP contribution is -2.47. The Morgan fingerprint density at radius 1 is 1.53 bits per heavy atom. The van der Waals surface area contributed by atoms with Crippen molar-refractivity contribution in [1.82, 2.24) is 9.55 Å². The summed E-state index contributed by atoms with van der Waals surface area (Å²) in [6.07, 6.45) is 1.57. The Balaban J connectivity index is 2.22. The van der Waals surface area contributed by atoms with Crippen molar-refractivity contribution in [2.75, 3.05) is 6.61 Å². The van der Waals surface area contributed by atoms with E-state index >= 15 is 0 Å². The van der Waals surface area contributed by atoms with Gasteiger partial charge in [-0.15, -0.1) is 0 Å². The number of aromatic amines is 1. The number of nitrogens with one attached hydrogen (secondary N) is 1. The molecule has 1 aromatic heterocycles. The quantitative estimate of drug-likeness (QED) is 0.620. The van der Waals surface area contributed by atoms with Gasteiger partial charge in [-0.3, -0.25) is 14.3 Å². The first-order valence-electron chi connectivity index (χ1n) is 5.62. The van der Waals surface area contributed by atoms with Crippen LogP contribution in [0.4, 0.5) is 0 Å². The average molecular weight is 240 g/mol. The molecule has 1 heterocycles. The number of aromatic nitrogens is 2. The van der Waals surface area contributed by atoms with Gasteiger partial charge in [0.1, 0.15) is 0 Å². The minimum absolute atomic E-state index is 0.0127. The van der Waals surface area contributed by atoms with Gasteiger partial charge < -0.3 is 10.2 Å². The summed E-state index contributed by atoms with van der Waals surface area (Å²) >= 11 is 0. The Morgan fingerprint density at radius 2 is 2.24 bits per heavy atom. The summed E-state index contributed by atoms with van der Waals surface area (Å²) in [7, 11) is 0. The Hall–Kier alpha value is -1.40. The Morgan fingerprint density at radius 3 is 2.82 bits per heavy atom. The van der Waals surface area contributed by atoms with E-state index in [2.05, 4.69) is 4.98 Å². The van der Waals surface area contributed by atoms with Crippen molar-refractivity contribution in [2.24, 2.45) is 11.8 Å². The van der Waals surface area contributed by atoms with Crippen molar-refractivity contribution in [3.05, 3.63) is 32.6 Å². The van der Waals surface area contributed by atoms with Crippen molar-refractivity contribution in [3.8, 4) is 0 Å². The summed E-state index contributed by atoms with van der Waals surface area (Å²) in [5.74, 6) is -0.0906. The molecule has 0 aliphatic heterocycles. The molecule has 0 bridgehead atoms. The van der Waals surface area contributed by atoms with Crippen LogP contribution in [0, 0.1) is 18.8 Å². The Bertz CT molecular complexity index is 519. The molecule has 0 amide bonds. The van der Waals surface area contributed by atoms with Gasteiger partial charge in [-0.25, -0.2) is 4.79 Å². The second-order valence-corrected chi connectivity index (χ2v) is 4.63. The standard InChI is InChI=1S/C11H16N2O4/c1-6-3-13(11(17)12-10(6)16)4-8-7(5-14)2-9(8)15/h3,7-9,14-15H,2,4-5H2,1H3,(H,12,16,17)/t7-,8+,9+/m0/s1. The van der Waals surface area contributed by atoms with Gasteiger partial charge in [-0.05, 0) is 19.3 Å². The number of rotatable bonds is 3. The lowest BCUT2D eigenvalue weighted by Gasteiger charge is -2.40. The van der Waals surface area contributed by atoms with Gasteiger partial charge >= 0.3 is 5.69 Å². The zero-order valence-electron chi connectivity index (χ0n) is 9.59. The van der Waals surface area contributed by atoms with Crippen LogP contribution >= 0.6 is 0 Å². The monoisotopic (exact) mass is 240 g/mol. The zero-order chi connectivity index (χ0) is 12.6. The highest BCUT2D eigenvalue weighted by Gasteiger charge is 2.39. The summed E-state index contributed by atoms with van der Waals surface area (Å²) < 4.78 is 1.38. The summed E-state index contributed by atoms with van der Waals surface area (Å²) in [6, 6.07) is 0. The molecule has 0 saturated heterocycles. The maximum atomic E-state index is 11.5. The molecule has 0 spiro atoms. The van der Waals surface area contributed by atoms with Crippen molar-refractivity contribution in [2.45, 2.75) is 26.0 Å². The third-order valence-corrected chi connectivity index (χ3v) is 3.47. The predicted octanol–water partition coefficient (Wildman–Crippen LogP) is -1.17. The lowest BCUT2D eigenvalue weighted by atomic mass is 9.71. The Labute approximate surface area is 97.5 Å². The maximum absolute atomic E-state index is 11.5. The molecular formula is C11H16N2O4. The zero-order valence-corrected chi connectivity index (χ0v) is 9.59. The fraction of sp³-hybridized carbons (Fsp3) is 0.636. The van der Waals surface area contributed by atoms with Gasteiger partial charge in [-0.1, -0.05) is 0 Å². The van der Waals surface area contributed by atoms with Gasteiger partial charge in [0.05, 0.1) is 6.10 Å². The molecule has 1 aliphatic rings. The van der Waals surface area contributed by atoms with Gasteiger partial charge in [0.2, 0.25) is 0 Å². The van der Waals surface area contributed by atoms with Gasteiger partial charge in [0.25, 0.3) is 5.56 Å². The van der Waals surface area contributed by atoms with Crippen LogP contribution in [0.5, 0.6) is 0 Å². The largest absolute Gasteiger partial charge is 0.396 e. The van der Waals surface area contributed by atoms with E-state index in [1.807, 2.05) is 0 Å². The highest BCUT2D eigenvalue weighted by atomic mass is 16.3. The fourth-order valence-electron chi connectivity index (χ4n) is 2.24. The number of nitrogens with zero attached hydrogens (tertiary/aromatic N) is 1. The Kier molecular flexibility index (Phi) is 3.17. The van der Waals surface area contributed by atoms with Crippen molar-refractivity contribution < 1.29 is 10.2 Å². The van der Waals surface area contributed by atoms with E-state index in [4.69, 9.17) is 5.11 Å². The predicted molar refractivity (Wildman–Crippen MR) is 60.7 cm³/mol. The normalized spacial score (nSPS) is 27.8. The number of hydrogen-bond donors (Lipinski definition) is 3. The van der Waals surface area contributed by atoms with Crippen molar-refractivity contribution in [1.29, 1.82) is 0 Å². The molecule has 0 aromatic carbocycles. The molecule has 2 rings (SSSR count). The molecular weight excluding hydrogens is 224 g/mol.